The summed E-state index contributed by atoms with van der Waals surface area (Å²) in [7, 11) is 0. The first-order valence-corrected chi connectivity index (χ1v) is 5.24. The lowest BCUT2D eigenvalue weighted by molar-refractivity contribution is 0.175. The zero-order chi connectivity index (χ0) is 10.3. The molecular formula is C10H17N3O. The van der Waals surface area contributed by atoms with Gasteiger partial charge in [-0.3, -0.25) is 0 Å². The molecule has 1 fully saturated rings. The average Bonchev–Trinajstić information content (AvgIpc) is 2.85. The minimum atomic E-state index is -0.312. The first-order chi connectivity index (χ1) is 6.58. The van der Waals surface area contributed by atoms with Crippen LogP contribution in [0, 0.1) is 5.92 Å². The van der Waals surface area contributed by atoms with Crippen LogP contribution in [0.1, 0.15) is 33.1 Å². The second-order valence-electron chi connectivity index (χ2n) is 4.45. The van der Waals surface area contributed by atoms with Gasteiger partial charge in [-0.05, 0) is 26.2 Å². The molecule has 0 aromatic carbocycles. The molecular weight excluding hydrogens is 178 g/mol. The van der Waals surface area contributed by atoms with E-state index in [1.54, 1.807) is 4.90 Å². The Labute approximate surface area is 84.2 Å². The third-order valence-corrected chi connectivity index (χ3v) is 3.29. The largest absolute Gasteiger partial charge is 0.385 e. The Morgan fingerprint density at radius 1 is 1.64 bits per heavy atom. The van der Waals surface area contributed by atoms with Crippen LogP contribution in [0.15, 0.2) is 4.99 Å². The smallest absolute Gasteiger partial charge is 0.346 e. The molecule has 1 aliphatic heterocycles. The van der Waals surface area contributed by atoms with Crippen molar-refractivity contribution in [3.05, 3.63) is 0 Å². The molecule has 0 saturated heterocycles. The molecule has 14 heavy (non-hydrogen) atoms. The lowest BCUT2D eigenvalue weighted by atomic mass is 9.92. The van der Waals surface area contributed by atoms with Crippen molar-refractivity contribution in [3.8, 4) is 0 Å². The van der Waals surface area contributed by atoms with Gasteiger partial charge in [0.25, 0.3) is 0 Å². The minimum Gasteiger partial charge on any atom is -0.385 e. The number of nitrogens with two attached hydrogens (primary N) is 1. The van der Waals surface area contributed by atoms with E-state index in [9.17, 15) is 4.79 Å². The lowest BCUT2D eigenvalue weighted by Gasteiger charge is -2.34. The number of rotatable bonds is 3. The van der Waals surface area contributed by atoms with Crippen LogP contribution < -0.4 is 5.73 Å². The molecule has 1 heterocycles. The summed E-state index contributed by atoms with van der Waals surface area (Å²) in [5, 5.41) is 0. The van der Waals surface area contributed by atoms with Crippen LogP contribution in [0.5, 0.6) is 0 Å². The van der Waals surface area contributed by atoms with Gasteiger partial charge in [0.1, 0.15) is 5.84 Å². The van der Waals surface area contributed by atoms with Crippen LogP contribution in [0.25, 0.3) is 0 Å². The fourth-order valence-electron chi connectivity index (χ4n) is 2.22. The summed E-state index contributed by atoms with van der Waals surface area (Å²) in [5.74, 6) is 1.24. The van der Waals surface area contributed by atoms with E-state index in [-0.39, 0.29) is 11.6 Å². The average molecular weight is 195 g/mol. The molecule has 1 aliphatic carbocycles. The van der Waals surface area contributed by atoms with Gasteiger partial charge in [0, 0.05) is 6.54 Å². The van der Waals surface area contributed by atoms with E-state index in [4.69, 9.17) is 5.73 Å². The number of hydrogen-bond donors (Lipinski definition) is 1. The standard InChI is InChI=1S/C10H17N3O/c1-3-13-9(14)12-8(11)10(13,2)6-7-4-5-7/h7H,3-6H2,1-2H3,(H2,11,12,14). The van der Waals surface area contributed by atoms with Gasteiger partial charge in [0.15, 0.2) is 0 Å². The number of carbonyl (C=O) groups excluding carboxylic acids is 1. The normalized spacial score (nSPS) is 32.3. The zero-order valence-electron chi connectivity index (χ0n) is 8.79. The van der Waals surface area contributed by atoms with Crippen LogP contribution >= 0.6 is 0 Å². The third kappa shape index (κ3) is 1.29. The molecule has 0 radical (unpaired) electrons. The molecule has 0 bridgehead atoms. The molecule has 2 rings (SSSR count). The van der Waals surface area contributed by atoms with E-state index in [1.807, 2.05) is 13.8 Å². The number of hydrogen-bond acceptors (Lipinski definition) is 2. The van der Waals surface area contributed by atoms with Gasteiger partial charge in [-0.2, -0.15) is 4.99 Å². The van der Waals surface area contributed by atoms with Crippen LogP contribution in [0.2, 0.25) is 0 Å². The Hall–Kier alpha value is -1.06. The fourth-order valence-corrected chi connectivity index (χ4v) is 2.22. The van der Waals surface area contributed by atoms with Crippen LogP contribution in [-0.4, -0.2) is 28.9 Å². The zero-order valence-corrected chi connectivity index (χ0v) is 8.79. The maximum atomic E-state index is 11.5. The van der Waals surface area contributed by atoms with Gasteiger partial charge >= 0.3 is 6.03 Å². The van der Waals surface area contributed by atoms with Crippen molar-refractivity contribution in [3.63, 3.8) is 0 Å². The van der Waals surface area contributed by atoms with E-state index in [1.165, 1.54) is 12.8 Å². The predicted molar refractivity (Wildman–Crippen MR) is 55.1 cm³/mol. The first kappa shape index (κ1) is 9.49. The first-order valence-electron chi connectivity index (χ1n) is 5.24. The van der Waals surface area contributed by atoms with Gasteiger partial charge < -0.3 is 10.6 Å². The Morgan fingerprint density at radius 2 is 2.29 bits per heavy atom. The van der Waals surface area contributed by atoms with Crippen molar-refractivity contribution in [2.75, 3.05) is 6.54 Å². The Morgan fingerprint density at radius 3 is 2.79 bits per heavy atom. The summed E-state index contributed by atoms with van der Waals surface area (Å²) in [6.07, 6.45) is 3.52. The molecule has 78 valence electrons. The Bertz CT molecular complexity index is 296. The monoisotopic (exact) mass is 195 g/mol. The highest BCUT2D eigenvalue weighted by molar-refractivity contribution is 6.05. The Balaban J connectivity index is 2.20. The summed E-state index contributed by atoms with van der Waals surface area (Å²) >= 11 is 0. The highest BCUT2D eigenvalue weighted by Gasteiger charge is 2.46. The maximum Gasteiger partial charge on any atom is 0.346 e. The van der Waals surface area contributed by atoms with Crippen molar-refractivity contribution in [1.82, 2.24) is 4.90 Å². The number of urea groups is 1. The number of amidine groups is 1. The summed E-state index contributed by atoms with van der Waals surface area (Å²) in [6, 6.07) is -0.173. The van der Waals surface area contributed by atoms with Crippen molar-refractivity contribution in [2.45, 2.75) is 38.6 Å². The molecule has 2 aliphatic rings. The van der Waals surface area contributed by atoms with E-state index in [2.05, 4.69) is 4.99 Å². The van der Waals surface area contributed by atoms with Crippen LogP contribution in [-0.2, 0) is 0 Å². The molecule has 4 heteroatoms. The molecule has 2 amide bonds. The highest BCUT2D eigenvalue weighted by Crippen LogP contribution is 2.40. The highest BCUT2D eigenvalue weighted by atomic mass is 16.2. The molecule has 1 atom stereocenters. The topological polar surface area (TPSA) is 58.7 Å². The van der Waals surface area contributed by atoms with Crippen molar-refractivity contribution >= 4 is 11.9 Å². The summed E-state index contributed by atoms with van der Waals surface area (Å²) in [6.45, 7) is 4.68. The molecule has 0 spiro atoms. The predicted octanol–water partition coefficient (Wildman–Crippen LogP) is 1.36. The number of aliphatic imine (C=N–C) groups is 1. The van der Waals surface area contributed by atoms with Gasteiger partial charge in [0.05, 0.1) is 5.54 Å². The van der Waals surface area contributed by atoms with E-state index < -0.39 is 0 Å². The molecule has 1 unspecified atom stereocenters. The molecule has 1 saturated carbocycles. The van der Waals surface area contributed by atoms with Gasteiger partial charge in [0.2, 0.25) is 0 Å². The third-order valence-electron chi connectivity index (χ3n) is 3.29. The van der Waals surface area contributed by atoms with E-state index >= 15 is 0 Å². The van der Waals surface area contributed by atoms with Crippen LogP contribution in [0.3, 0.4) is 0 Å². The molecule has 4 nitrogen and oxygen atoms in total. The van der Waals surface area contributed by atoms with Gasteiger partial charge in [-0.1, -0.05) is 12.8 Å². The Kier molecular flexibility index (Phi) is 2.01. The fraction of sp³-hybridized carbons (Fsp3) is 0.800. The van der Waals surface area contributed by atoms with E-state index in [0.717, 1.165) is 12.3 Å². The summed E-state index contributed by atoms with van der Waals surface area (Å²) < 4.78 is 0. The molecule has 0 aromatic heterocycles. The lowest BCUT2D eigenvalue weighted by Crippen LogP contribution is -2.52. The second-order valence-corrected chi connectivity index (χ2v) is 4.45. The van der Waals surface area contributed by atoms with Gasteiger partial charge in [-0.15, -0.1) is 0 Å². The summed E-state index contributed by atoms with van der Waals surface area (Å²) in [4.78, 5) is 17.1. The second kappa shape index (κ2) is 2.97. The quantitative estimate of drug-likeness (QED) is 0.739. The molecule has 0 aromatic rings. The van der Waals surface area contributed by atoms with Crippen molar-refractivity contribution in [1.29, 1.82) is 0 Å². The van der Waals surface area contributed by atoms with Crippen molar-refractivity contribution in [2.24, 2.45) is 16.6 Å². The van der Waals surface area contributed by atoms with Crippen LogP contribution in [0.4, 0.5) is 4.79 Å². The number of carbonyl (C=O) groups is 1. The summed E-state index contributed by atoms with van der Waals surface area (Å²) in [5.41, 5.74) is 5.52. The molecule has 2 N–H and O–H groups in total. The minimum absolute atomic E-state index is 0.173. The van der Waals surface area contributed by atoms with Crippen molar-refractivity contribution < 1.29 is 4.79 Å². The number of nitrogens with zero attached hydrogens (tertiary/aromatic N) is 2. The van der Waals surface area contributed by atoms with E-state index in [0.29, 0.717) is 12.4 Å². The number of amides is 2. The number of likely N-dealkylation sites (N-methyl/N-ethyl adjacent to an activating group) is 1. The van der Waals surface area contributed by atoms with Gasteiger partial charge in [-0.25, -0.2) is 4.79 Å². The SMILES string of the molecule is CCN1C(=O)N=C(N)C1(C)CC1CC1. The maximum absolute atomic E-state index is 11.5.